The third-order valence-corrected chi connectivity index (χ3v) is 2.89. The minimum absolute atomic E-state index is 0.110. The van der Waals surface area contributed by atoms with Crippen molar-refractivity contribution in [3.8, 4) is 0 Å². The summed E-state index contributed by atoms with van der Waals surface area (Å²) in [5.41, 5.74) is 3.58. The van der Waals surface area contributed by atoms with Crippen molar-refractivity contribution in [1.82, 2.24) is 0 Å². The van der Waals surface area contributed by atoms with Gasteiger partial charge in [-0.3, -0.25) is 9.59 Å². The molecule has 0 bridgehead atoms. The maximum absolute atomic E-state index is 12.3. The van der Waals surface area contributed by atoms with Crippen molar-refractivity contribution in [3.63, 3.8) is 0 Å². The van der Waals surface area contributed by atoms with E-state index in [1.54, 1.807) is 24.3 Å². The molecule has 0 unspecified atom stereocenters. The molecule has 0 aliphatic carbocycles. The highest BCUT2D eigenvalue weighted by Crippen LogP contribution is 2.16. The Kier molecular flexibility index (Phi) is 3.38. The van der Waals surface area contributed by atoms with Gasteiger partial charge in [-0.25, -0.2) is 0 Å². The second kappa shape index (κ2) is 4.96. The number of hydrogen-bond acceptors (Lipinski definition) is 2. The molecular weight excluding hydrogens is 224 g/mol. The van der Waals surface area contributed by atoms with Crippen LogP contribution in [0.3, 0.4) is 0 Å². The molecule has 0 aliphatic heterocycles. The van der Waals surface area contributed by atoms with Gasteiger partial charge in [0.15, 0.2) is 12.1 Å². The Morgan fingerprint density at radius 3 is 2.17 bits per heavy atom. The first-order chi connectivity index (χ1) is 8.61. The molecule has 2 nitrogen and oxygen atoms in total. The Hall–Kier alpha value is -2.22. The Bertz CT molecular complexity index is 595. The first-order valence-electron chi connectivity index (χ1n) is 5.79. The summed E-state index contributed by atoms with van der Waals surface area (Å²) in [6.45, 7) is 3.87. The van der Waals surface area contributed by atoms with Crippen LogP contribution in [0.25, 0.3) is 0 Å². The molecule has 0 fully saturated rings. The van der Waals surface area contributed by atoms with Crippen LogP contribution in [0.15, 0.2) is 42.5 Å². The van der Waals surface area contributed by atoms with Gasteiger partial charge in [0.25, 0.3) is 0 Å². The SMILES string of the molecule is Cc1ccc(C(=O)c2cc(C)ccc2C=O)cc1. The van der Waals surface area contributed by atoms with Crippen LogP contribution >= 0.6 is 0 Å². The normalized spacial score (nSPS) is 10.1. The first-order valence-corrected chi connectivity index (χ1v) is 5.79. The lowest BCUT2D eigenvalue weighted by atomic mass is 9.97. The summed E-state index contributed by atoms with van der Waals surface area (Å²) in [6.07, 6.45) is 0.723. The fraction of sp³-hybridized carbons (Fsp3) is 0.125. The Balaban J connectivity index is 2.48. The summed E-state index contributed by atoms with van der Waals surface area (Å²) in [5, 5.41) is 0. The van der Waals surface area contributed by atoms with Gasteiger partial charge in [0, 0.05) is 16.7 Å². The van der Waals surface area contributed by atoms with Crippen molar-refractivity contribution in [3.05, 3.63) is 70.3 Å². The highest BCUT2D eigenvalue weighted by atomic mass is 16.1. The highest BCUT2D eigenvalue weighted by molar-refractivity contribution is 6.12. The number of benzene rings is 2. The highest BCUT2D eigenvalue weighted by Gasteiger charge is 2.13. The second-order valence-corrected chi connectivity index (χ2v) is 4.40. The molecule has 0 heterocycles. The van der Waals surface area contributed by atoms with Crippen LogP contribution < -0.4 is 0 Å². The van der Waals surface area contributed by atoms with Gasteiger partial charge in [-0.05, 0) is 19.9 Å². The standard InChI is InChI=1S/C16H14O2/c1-11-3-6-13(7-4-11)16(18)15-9-12(2)5-8-14(15)10-17/h3-10H,1-2H3. The lowest BCUT2D eigenvalue weighted by molar-refractivity contribution is 0.102. The fourth-order valence-electron chi connectivity index (χ4n) is 1.83. The number of aldehydes is 1. The van der Waals surface area contributed by atoms with Crippen molar-refractivity contribution in [2.75, 3.05) is 0 Å². The lowest BCUT2D eigenvalue weighted by Crippen LogP contribution is -2.05. The second-order valence-electron chi connectivity index (χ2n) is 4.40. The van der Waals surface area contributed by atoms with Gasteiger partial charge in [0.05, 0.1) is 0 Å². The van der Waals surface area contributed by atoms with E-state index >= 15 is 0 Å². The third-order valence-electron chi connectivity index (χ3n) is 2.89. The molecule has 18 heavy (non-hydrogen) atoms. The monoisotopic (exact) mass is 238 g/mol. The number of hydrogen-bond donors (Lipinski definition) is 0. The summed E-state index contributed by atoms with van der Waals surface area (Å²) < 4.78 is 0. The summed E-state index contributed by atoms with van der Waals surface area (Å²) in [6, 6.07) is 12.6. The van der Waals surface area contributed by atoms with Crippen LogP contribution in [0.1, 0.15) is 37.4 Å². The average molecular weight is 238 g/mol. The van der Waals surface area contributed by atoms with E-state index in [0.29, 0.717) is 16.7 Å². The van der Waals surface area contributed by atoms with Crippen molar-refractivity contribution < 1.29 is 9.59 Å². The van der Waals surface area contributed by atoms with Gasteiger partial charge in [0.1, 0.15) is 0 Å². The molecule has 0 radical (unpaired) electrons. The van der Waals surface area contributed by atoms with Crippen molar-refractivity contribution >= 4 is 12.1 Å². The van der Waals surface area contributed by atoms with E-state index in [4.69, 9.17) is 0 Å². The van der Waals surface area contributed by atoms with E-state index in [-0.39, 0.29) is 5.78 Å². The minimum Gasteiger partial charge on any atom is -0.298 e. The van der Waals surface area contributed by atoms with E-state index in [0.717, 1.165) is 17.4 Å². The third kappa shape index (κ3) is 2.38. The molecule has 0 aromatic heterocycles. The van der Waals surface area contributed by atoms with Crippen LogP contribution in [0, 0.1) is 13.8 Å². The maximum Gasteiger partial charge on any atom is 0.193 e. The van der Waals surface area contributed by atoms with E-state index in [1.807, 2.05) is 32.0 Å². The maximum atomic E-state index is 12.3. The smallest absolute Gasteiger partial charge is 0.193 e. The number of ketones is 1. The van der Waals surface area contributed by atoms with E-state index in [1.165, 1.54) is 0 Å². The van der Waals surface area contributed by atoms with E-state index in [2.05, 4.69) is 0 Å². The van der Waals surface area contributed by atoms with Gasteiger partial charge >= 0.3 is 0 Å². The zero-order chi connectivity index (χ0) is 13.1. The molecule has 0 saturated carbocycles. The molecule has 0 atom stereocenters. The summed E-state index contributed by atoms with van der Waals surface area (Å²) in [7, 11) is 0. The lowest BCUT2D eigenvalue weighted by Gasteiger charge is -2.06. The van der Waals surface area contributed by atoms with E-state index < -0.39 is 0 Å². The van der Waals surface area contributed by atoms with Crippen LogP contribution in [-0.4, -0.2) is 12.1 Å². The largest absolute Gasteiger partial charge is 0.298 e. The van der Waals surface area contributed by atoms with Gasteiger partial charge in [-0.2, -0.15) is 0 Å². The zero-order valence-electron chi connectivity index (χ0n) is 10.4. The average Bonchev–Trinajstić information content (AvgIpc) is 2.39. The molecule has 90 valence electrons. The van der Waals surface area contributed by atoms with Crippen molar-refractivity contribution in [1.29, 1.82) is 0 Å². The predicted octanol–water partition coefficient (Wildman–Crippen LogP) is 3.35. The molecule has 2 heteroatoms. The van der Waals surface area contributed by atoms with E-state index in [9.17, 15) is 9.59 Å². The topological polar surface area (TPSA) is 34.1 Å². The van der Waals surface area contributed by atoms with Gasteiger partial charge < -0.3 is 0 Å². The predicted molar refractivity (Wildman–Crippen MR) is 71.2 cm³/mol. The molecule has 0 aliphatic rings. The fourth-order valence-corrected chi connectivity index (χ4v) is 1.83. The molecular formula is C16H14O2. The molecule has 2 aromatic rings. The van der Waals surface area contributed by atoms with Crippen molar-refractivity contribution in [2.24, 2.45) is 0 Å². The first kappa shape index (κ1) is 12.2. The Morgan fingerprint density at radius 2 is 1.56 bits per heavy atom. The molecule has 0 saturated heterocycles. The summed E-state index contributed by atoms with van der Waals surface area (Å²) in [5.74, 6) is -0.110. The van der Waals surface area contributed by atoms with Crippen LogP contribution in [0.2, 0.25) is 0 Å². The van der Waals surface area contributed by atoms with Crippen molar-refractivity contribution in [2.45, 2.75) is 13.8 Å². The number of carbonyl (C=O) groups is 2. The van der Waals surface area contributed by atoms with Crippen LogP contribution in [0.5, 0.6) is 0 Å². The quantitative estimate of drug-likeness (QED) is 0.607. The molecule has 2 aromatic carbocycles. The Morgan fingerprint density at radius 1 is 0.944 bits per heavy atom. The Labute approximate surface area is 106 Å². The number of rotatable bonds is 3. The molecule has 2 rings (SSSR count). The van der Waals surface area contributed by atoms with Gasteiger partial charge in [-0.15, -0.1) is 0 Å². The zero-order valence-corrected chi connectivity index (χ0v) is 10.4. The minimum atomic E-state index is -0.110. The number of carbonyl (C=O) groups excluding carboxylic acids is 2. The van der Waals surface area contributed by atoms with Gasteiger partial charge in [-0.1, -0.05) is 47.5 Å². The molecule has 0 amide bonds. The van der Waals surface area contributed by atoms with Gasteiger partial charge in [0.2, 0.25) is 0 Å². The molecule has 0 spiro atoms. The van der Waals surface area contributed by atoms with Crippen LogP contribution in [-0.2, 0) is 0 Å². The summed E-state index contributed by atoms with van der Waals surface area (Å²) >= 11 is 0. The van der Waals surface area contributed by atoms with Crippen LogP contribution in [0.4, 0.5) is 0 Å². The summed E-state index contributed by atoms with van der Waals surface area (Å²) in [4.78, 5) is 23.3. The molecule has 0 N–H and O–H groups in total. The number of aryl methyl sites for hydroxylation is 2.